The van der Waals surface area contributed by atoms with Gasteiger partial charge in [-0.3, -0.25) is 9.59 Å². The summed E-state index contributed by atoms with van der Waals surface area (Å²) >= 11 is 0. The predicted molar refractivity (Wildman–Crippen MR) is 55.1 cm³/mol. The maximum atomic E-state index is 12.6. The van der Waals surface area contributed by atoms with E-state index < -0.39 is 0 Å². The second-order valence-electron chi connectivity index (χ2n) is 3.31. The average Bonchev–Trinajstić information content (AvgIpc) is 2.17. The highest BCUT2D eigenvalue weighted by molar-refractivity contribution is 6.04. The standard InChI is InChI=1S/C11H12FNO2/c1-8(14)7-11(15)13(2)10-5-3-9(12)4-6-10/h3-6H,7H2,1-2H3. The Kier molecular flexibility index (Phi) is 3.55. The minimum absolute atomic E-state index is 0.131. The van der Waals surface area contributed by atoms with E-state index in [1.54, 1.807) is 7.05 Å². The second kappa shape index (κ2) is 4.68. The van der Waals surface area contributed by atoms with Crippen molar-refractivity contribution < 1.29 is 14.0 Å². The molecule has 1 amide bonds. The summed E-state index contributed by atoms with van der Waals surface area (Å²) in [6.07, 6.45) is -0.131. The number of halogens is 1. The Morgan fingerprint density at radius 3 is 2.27 bits per heavy atom. The van der Waals surface area contributed by atoms with E-state index in [-0.39, 0.29) is 23.9 Å². The quantitative estimate of drug-likeness (QED) is 0.711. The Morgan fingerprint density at radius 1 is 1.27 bits per heavy atom. The smallest absolute Gasteiger partial charge is 0.234 e. The Hall–Kier alpha value is -1.71. The number of benzene rings is 1. The Balaban J connectivity index is 2.76. The van der Waals surface area contributed by atoms with Crippen LogP contribution in [0.4, 0.5) is 10.1 Å². The first-order valence-corrected chi connectivity index (χ1v) is 4.52. The molecule has 0 fully saturated rings. The largest absolute Gasteiger partial charge is 0.315 e. The normalized spacial score (nSPS) is 9.80. The first-order chi connectivity index (χ1) is 7.00. The van der Waals surface area contributed by atoms with Crippen LogP contribution in [0.5, 0.6) is 0 Å². The number of rotatable bonds is 3. The van der Waals surface area contributed by atoms with Crippen LogP contribution in [0.1, 0.15) is 13.3 Å². The lowest BCUT2D eigenvalue weighted by atomic mass is 10.2. The van der Waals surface area contributed by atoms with Gasteiger partial charge in [0, 0.05) is 12.7 Å². The molecule has 0 aliphatic carbocycles. The fraction of sp³-hybridized carbons (Fsp3) is 0.273. The summed E-state index contributed by atoms with van der Waals surface area (Å²) in [4.78, 5) is 23.5. The summed E-state index contributed by atoms with van der Waals surface area (Å²) in [6.45, 7) is 1.36. The zero-order valence-electron chi connectivity index (χ0n) is 8.66. The Bertz CT molecular complexity index is 373. The molecule has 0 aromatic heterocycles. The lowest BCUT2D eigenvalue weighted by molar-refractivity contribution is -0.125. The van der Waals surface area contributed by atoms with Crippen molar-refractivity contribution in [2.75, 3.05) is 11.9 Å². The highest BCUT2D eigenvalue weighted by atomic mass is 19.1. The maximum absolute atomic E-state index is 12.6. The van der Waals surface area contributed by atoms with Gasteiger partial charge >= 0.3 is 0 Å². The highest BCUT2D eigenvalue weighted by Crippen LogP contribution is 2.13. The van der Waals surface area contributed by atoms with Gasteiger partial charge in [0.2, 0.25) is 5.91 Å². The number of nitrogens with zero attached hydrogens (tertiary/aromatic N) is 1. The van der Waals surface area contributed by atoms with Gasteiger partial charge in [0.25, 0.3) is 0 Å². The van der Waals surface area contributed by atoms with Crippen molar-refractivity contribution in [3.63, 3.8) is 0 Å². The molecule has 0 unspecified atom stereocenters. The fourth-order valence-electron chi connectivity index (χ4n) is 1.14. The molecule has 80 valence electrons. The van der Waals surface area contributed by atoms with E-state index in [1.165, 1.54) is 36.1 Å². The molecule has 0 heterocycles. The van der Waals surface area contributed by atoms with Crippen molar-refractivity contribution in [3.8, 4) is 0 Å². The maximum Gasteiger partial charge on any atom is 0.234 e. The third-order valence-electron chi connectivity index (χ3n) is 1.99. The van der Waals surface area contributed by atoms with Gasteiger partial charge in [-0.15, -0.1) is 0 Å². The van der Waals surface area contributed by atoms with Crippen LogP contribution in [0.3, 0.4) is 0 Å². The molecule has 0 N–H and O–H groups in total. The van der Waals surface area contributed by atoms with E-state index in [0.29, 0.717) is 5.69 Å². The van der Waals surface area contributed by atoms with Gasteiger partial charge in [0.1, 0.15) is 11.6 Å². The Labute approximate surface area is 87.5 Å². The van der Waals surface area contributed by atoms with E-state index in [4.69, 9.17) is 0 Å². The molecule has 1 rings (SSSR count). The molecular weight excluding hydrogens is 197 g/mol. The topological polar surface area (TPSA) is 37.4 Å². The van der Waals surface area contributed by atoms with Crippen molar-refractivity contribution in [3.05, 3.63) is 30.1 Å². The van der Waals surface area contributed by atoms with Crippen molar-refractivity contribution in [2.24, 2.45) is 0 Å². The van der Waals surface area contributed by atoms with Gasteiger partial charge in [-0.2, -0.15) is 0 Å². The first kappa shape index (κ1) is 11.4. The molecule has 0 saturated heterocycles. The summed E-state index contributed by atoms with van der Waals surface area (Å²) in [5.41, 5.74) is 0.572. The number of ketones is 1. The van der Waals surface area contributed by atoms with Crippen LogP contribution in [0.25, 0.3) is 0 Å². The number of hydrogen-bond donors (Lipinski definition) is 0. The molecule has 1 aromatic carbocycles. The zero-order valence-corrected chi connectivity index (χ0v) is 8.66. The van der Waals surface area contributed by atoms with Crippen LogP contribution in [-0.2, 0) is 9.59 Å². The number of carbonyl (C=O) groups excluding carboxylic acids is 2. The lowest BCUT2D eigenvalue weighted by Gasteiger charge is -2.16. The first-order valence-electron chi connectivity index (χ1n) is 4.52. The lowest BCUT2D eigenvalue weighted by Crippen LogP contribution is -2.27. The third kappa shape index (κ3) is 3.16. The molecule has 4 heteroatoms. The summed E-state index contributed by atoms with van der Waals surface area (Å²) in [7, 11) is 1.55. The minimum atomic E-state index is -0.355. The number of Topliss-reactive ketones (excluding diaryl/α,β-unsaturated/α-hetero) is 1. The van der Waals surface area contributed by atoms with Crippen molar-refractivity contribution in [2.45, 2.75) is 13.3 Å². The van der Waals surface area contributed by atoms with Crippen molar-refractivity contribution in [1.29, 1.82) is 0 Å². The molecule has 1 aromatic rings. The number of hydrogen-bond acceptors (Lipinski definition) is 2. The van der Waals surface area contributed by atoms with Crippen LogP contribution >= 0.6 is 0 Å². The van der Waals surface area contributed by atoms with Crippen LogP contribution in [-0.4, -0.2) is 18.7 Å². The molecule has 0 radical (unpaired) electrons. The molecule has 0 atom stereocenters. The summed E-state index contributed by atoms with van der Waals surface area (Å²) in [5, 5.41) is 0. The molecule has 0 aliphatic rings. The number of anilines is 1. The van der Waals surface area contributed by atoms with Crippen molar-refractivity contribution >= 4 is 17.4 Å². The summed E-state index contributed by atoms with van der Waals surface area (Å²) in [6, 6.07) is 5.53. The van der Waals surface area contributed by atoms with E-state index in [1.807, 2.05) is 0 Å². The SMILES string of the molecule is CC(=O)CC(=O)N(C)c1ccc(F)cc1. The molecule has 0 spiro atoms. The predicted octanol–water partition coefficient (Wildman–Crippen LogP) is 1.77. The monoisotopic (exact) mass is 209 g/mol. The van der Waals surface area contributed by atoms with E-state index in [9.17, 15) is 14.0 Å². The van der Waals surface area contributed by atoms with E-state index >= 15 is 0 Å². The second-order valence-corrected chi connectivity index (χ2v) is 3.31. The van der Waals surface area contributed by atoms with Gasteiger partial charge in [-0.05, 0) is 31.2 Å². The van der Waals surface area contributed by atoms with Crippen LogP contribution in [0.15, 0.2) is 24.3 Å². The van der Waals surface area contributed by atoms with Crippen LogP contribution in [0, 0.1) is 5.82 Å². The number of amides is 1. The zero-order chi connectivity index (χ0) is 11.4. The van der Waals surface area contributed by atoms with Crippen LogP contribution < -0.4 is 4.90 Å². The van der Waals surface area contributed by atoms with Gasteiger partial charge in [0.05, 0.1) is 6.42 Å². The minimum Gasteiger partial charge on any atom is -0.315 e. The van der Waals surface area contributed by atoms with Gasteiger partial charge < -0.3 is 4.90 Å². The highest BCUT2D eigenvalue weighted by Gasteiger charge is 2.12. The number of carbonyl (C=O) groups is 2. The van der Waals surface area contributed by atoms with E-state index in [0.717, 1.165) is 0 Å². The van der Waals surface area contributed by atoms with Gasteiger partial charge in [-0.25, -0.2) is 4.39 Å². The van der Waals surface area contributed by atoms with Gasteiger partial charge in [0.15, 0.2) is 0 Å². The molecule has 3 nitrogen and oxygen atoms in total. The molecule has 15 heavy (non-hydrogen) atoms. The van der Waals surface area contributed by atoms with Crippen LogP contribution in [0.2, 0.25) is 0 Å². The van der Waals surface area contributed by atoms with Gasteiger partial charge in [-0.1, -0.05) is 0 Å². The summed E-state index contributed by atoms with van der Waals surface area (Å²) in [5.74, 6) is -0.839. The third-order valence-corrected chi connectivity index (χ3v) is 1.99. The Morgan fingerprint density at radius 2 is 1.80 bits per heavy atom. The molecular formula is C11H12FNO2. The molecule has 0 saturated carbocycles. The van der Waals surface area contributed by atoms with Crippen molar-refractivity contribution in [1.82, 2.24) is 0 Å². The average molecular weight is 209 g/mol. The summed E-state index contributed by atoms with van der Waals surface area (Å²) < 4.78 is 12.6. The molecule has 0 aliphatic heterocycles. The van der Waals surface area contributed by atoms with E-state index in [2.05, 4.69) is 0 Å². The fourth-order valence-corrected chi connectivity index (χ4v) is 1.14. The molecule has 0 bridgehead atoms.